The maximum absolute atomic E-state index is 12.6. The van der Waals surface area contributed by atoms with Crippen LogP contribution in [-0.2, 0) is 0 Å². The number of halogens is 2. The molecule has 0 saturated carbocycles. The zero-order valence-electron chi connectivity index (χ0n) is 10.0. The van der Waals surface area contributed by atoms with Crippen molar-refractivity contribution in [1.29, 1.82) is 0 Å². The molecule has 0 radical (unpaired) electrons. The van der Waals surface area contributed by atoms with Crippen molar-refractivity contribution in [2.24, 2.45) is 0 Å². The molecule has 0 spiro atoms. The summed E-state index contributed by atoms with van der Waals surface area (Å²) in [6.07, 6.45) is 2.78. The summed E-state index contributed by atoms with van der Waals surface area (Å²) in [4.78, 5) is 24.4. The Morgan fingerprint density at radius 1 is 0.950 bits per heavy atom. The van der Waals surface area contributed by atoms with Crippen molar-refractivity contribution in [2.75, 3.05) is 0 Å². The molecule has 3 aromatic rings. The molecule has 0 amide bonds. The lowest BCUT2D eigenvalue weighted by molar-refractivity contribution is 0.104. The van der Waals surface area contributed by atoms with Crippen LogP contribution in [0.5, 0.6) is 0 Å². The number of carbonyl (C=O) groups is 1. The highest BCUT2D eigenvalue weighted by Gasteiger charge is 2.20. The molecule has 2 aromatic heterocycles. The van der Waals surface area contributed by atoms with Gasteiger partial charge in [0.2, 0.25) is 0 Å². The van der Waals surface area contributed by atoms with E-state index in [0.717, 1.165) is 10.9 Å². The van der Waals surface area contributed by atoms with Crippen LogP contribution in [0.2, 0.25) is 10.3 Å². The van der Waals surface area contributed by atoms with Gasteiger partial charge in [0.15, 0.2) is 5.78 Å². The van der Waals surface area contributed by atoms with E-state index in [1.165, 1.54) is 6.33 Å². The molecule has 0 N–H and O–H groups in total. The van der Waals surface area contributed by atoms with Crippen LogP contribution in [0, 0.1) is 0 Å². The SMILES string of the molecule is O=C(c1c(Cl)ncnc1Cl)c1ccnc2ccccc12. The molecule has 0 bridgehead atoms. The van der Waals surface area contributed by atoms with Crippen LogP contribution in [0.1, 0.15) is 15.9 Å². The quantitative estimate of drug-likeness (QED) is 0.536. The lowest BCUT2D eigenvalue weighted by Crippen LogP contribution is -2.06. The van der Waals surface area contributed by atoms with E-state index in [1.807, 2.05) is 24.3 Å². The van der Waals surface area contributed by atoms with Gasteiger partial charge in [0.25, 0.3) is 0 Å². The van der Waals surface area contributed by atoms with Crippen molar-refractivity contribution >= 4 is 39.9 Å². The molecule has 4 nitrogen and oxygen atoms in total. The summed E-state index contributed by atoms with van der Waals surface area (Å²) in [5, 5.41) is 0.808. The van der Waals surface area contributed by atoms with Gasteiger partial charge in [-0.05, 0) is 12.1 Å². The number of aromatic nitrogens is 3. The second-order valence-electron chi connectivity index (χ2n) is 4.04. The van der Waals surface area contributed by atoms with Crippen molar-refractivity contribution in [3.8, 4) is 0 Å². The fourth-order valence-electron chi connectivity index (χ4n) is 1.96. The van der Waals surface area contributed by atoms with Crippen molar-refractivity contribution < 1.29 is 4.79 Å². The maximum Gasteiger partial charge on any atom is 0.199 e. The van der Waals surface area contributed by atoms with Gasteiger partial charge in [-0.2, -0.15) is 0 Å². The predicted octanol–water partition coefficient (Wildman–Crippen LogP) is 3.56. The summed E-state index contributed by atoms with van der Waals surface area (Å²) in [5.74, 6) is -0.320. The first-order valence-electron chi connectivity index (χ1n) is 5.73. The van der Waals surface area contributed by atoms with E-state index >= 15 is 0 Å². The van der Waals surface area contributed by atoms with E-state index in [4.69, 9.17) is 23.2 Å². The summed E-state index contributed by atoms with van der Waals surface area (Å²) in [5.41, 5.74) is 1.30. The minimum Gasteiger partial charge on any atom is -0.288 e. The fraction of sp³-hybridized carbons (Fsp3) is 0. The smallest absolute Gasteiger partial charge is 0.199 e. The van der Waals surface area contributed by atoms with Gasteiger partial charge >= 0.3 is 0 Å². The normalized spacial score (nSPS) is 10.7. The van der Waals surface area contributed by atoms with E-state index in [0.29, 0.717) is 5.56 Å². The van der Waals surface area contributed by atoms with Gasteiger partial charge in [-0.3, -0.25) is 9.78 Å². The molecule has 6 heteroatoms. The number of nitrogens with zero attached hydrogens (tertiary/aromatic N) is 3. The number of rotatable bonds is 2. The molecule has 0 aliphatic heterocycles. The molecule has 0 saturated heterocycles. The molecule has 0 aliphatic rings. The van der Waals surface area contributed by atoms with Gasteiger partial charge in [0.05, 0.1) is 11.1 Å². The Labute approximate surface area is 124 Å². The van der Waals surface area contributed by atoms with Crippen LogP contribution in [-0.4, -0.2) is 20.7 Å². The number of fused-ring (bicyclic) bond motifs is 1. The average Bonchev–Trinajstić information content (AvgIpc) is 2.46. The number of carbonyl (C=O) groups excluding carboxylic acids is 1. The van der Waals surface area contributed by atoms with Crippen LogP contribution in [0.3, 0.4) is 0 Å². The minimum atomic E-state index is -0.320. The topological polar surface area (TPSA) is 55.7 Å². The van der Waals surface area contributed by atoms with Crippen molar-refractivity contribution in [1.82, 2.24) is 15.0 Å². The molecule has 98 valence electrons. The molecule has 0 fully saturated rings. The van der Waals surface area contributed by atoms with Gasteiger partial charge in [-0.1, -0.05) is 41.4 Å². The van der Waals surface area contributed by atoms with Crippen LogP contribution in [0.4, 0.5) is 0 Å². The van der Waals surface area contributed by atoms with Crippen molar-refractivity contribution in [2.45, 2.75) is 0 Å². The molecule has 0 aliphatic carbocycles. The lowest BCUT2D eigenvalue weighted by Gasteiger charge is -2.07. The fourth-order valence-corrected chi connectivity index (χ4v) is 2.45. The summed E-state index contributed by atoms with van der Waals surface area (Å²) in [7, 11) is 0. The van der Waals surface area contributed by atoms with Gasteiger partial charge in [-0.15, -0.1) is 0 Å². The molecule has 0 unspecified atom stereocenters. The van der Waals surface area contributed by atoms with E-state index < -0.39 is 0 Å². The zero-order valence-corrected chi connectivity index (χ0v) is 11.6. The number of hydrogen-bond acceptors (Lipinski definition) is 4. The van der Waals surface area contributed by atoms with E-state index in [-0.39, 0.29) is 21.7 Å². The van der Waals surface area contributed by atoms with Crippen LogP contribution in [0.25, 0.3) is 10.9 Å². The van der Waals surface area contributed by atoms with E-state index in [1.54, 1.807) is 12.3 Å². The number of benzene rings is 1. The monoisotopic (exact) mass is 303 g/mol. The molecular formula is C14H7Cl2N3O. The minimum absolute atomic E-state index is 0.0379. The second kappa shape index (κ2) is 5.15. The number of para-hydroxylation sites is 1. The van der Waals surface area contributed by atoms with E-state index in [9.17, 15) is 4.79 Å². The van der Waals surface area contributed by atoms with Crippen LogP contribution >= 0.6 is 23.2 Å². The number of ketones is 1. The average molecular weight is 304 g/mol. The van der Waals surface area contributed by atoms with Crippen molar-refractivity contribution in [3.63, 3.8) is 0 Å². The first kappa shape index (κ1) is 13.0. The molecule has 0 atom stereocenters. The number of hydrogen-bond donors (Lipinski definition) is 0. The Hall–Kier alpha value is -2.04. The predicted molar refractivity (Wildman–Crippen MR) is 77.2 cm³/mol. The van der Waals surface area contributed by atoms with Gasteiger partial charge < -0.3 is 0 Å². The number of pyridine rings is 1. The van der Waals surface area contributed by atoms with Gasteiger partial charge in [-0.25, -0.2) is 9.97 Å². The Bertz CT molecular complexity index is 795. The maximum atomic E-state index is 12.6. The Kier molecular flexibility index (Phi) is 3.34. The molecule has 1 aromatic carbocycles. The third kappa shape index (κ3) is 2.13. The second-order valence-corrected chi connectivity index (χ2v) is 4.75. The zero-order chi connectivity index (χ0) is 14.1. The lowest BCUT2D eigenvalue weighted by atomic mass is 10.0. The Morgan fingerprint density at radius 3 is 2.40 bits per heavy atom. The molecular weight excluding hydrogens is 297 g/mol. The molecule has 20 heavy (non-hydrogen) atoms. The highest BCUT2D eigenvalue weighted by Crippen LogP contribution is 2.26. The van der Waals surface area contributed by atoms with Crippen molar-refractivity contribution in [3.05, 3.63) is 64.3 Å². The van der Waals surface area contributed by atoms with Gasteiger partial charge in [0.1, 0.15) is 16.6 Å². The summed E-state index contributed by atoms with van der Waals surface area (Å²) >= 11 is 11.9. The summed E-state index contributed by atoms with van der Waals surface area (Å²) in [6.45, 7) is 0. The summed E-state index contributed by atoms with van der Waals surface area (Å²) in [6, 6.07) is 8.98. The Morgan fingerprint density at radius 2 is 1.65 bits per heavy atom. The highest BCUT2D eigenvalue weighted by atomic mass is 35.5. The first-order valence-corrected chi connectivity index (χ1v) is 6.48. The van der Waals surface area contributed by atoms with Crippen LogP contribution < -0.4 is 0 Å². The first-order chi connectivity index (χ1) is 9.68. The standard InChI is InChI=1S/C14H7Cl2N3O/c15-13-11(14(16)19-7-18-13)12(20)9-5-6-17-10-4-2-1-3-8(9)10/h1-7H. The Balaban J connectivity index is 2.24. The molecule has 2 heterocycles. The summed E-state index contributed by atoms with van der Waals surface area (Å²) < 4.78 is 0. The third-order valence-electron chi connectivity index (χ3n) is 2.88. The largest absolute Gasteiger partial charge is 0.288 e. The van der Waals surface area contributed by atoms with Crippen LogP contribution in [0.15, 0.2) is 42.9 Å². The third-order valence-corrected chi connectivity index (χ3v) is 3.45. The van der Waals surface area contributed by atoms with E-state index in [2.05, 4.69) is 15.0 Å². The highest BCUT2D eigenvalue weighted by molar-refractivity contribution is 6.40. The molecule has 3 rings (SSSR count). The van der Waals surface area contributed by atoms with Gasteiger partial charge in [0, 0.05) is 17.1 Å².